The molecule has 0 atom stereocenters. The third kappa shape index (κ3) is 5.65. The summed E-state index contributed by atoms with van der Waals surface area (Å²) in [5.41, 5.74) is 3.86. The molecule has 38 heavy (non-hydrogen) atoms. The number of aliphatic carboxylic acids is 2. The second-order valence-electron chi connectivity index (χ2n) is 8.01. The second-order valence-corrected chi connectivity index (χ2v) is 8.01. The van der Waals surface area contributed by atoms with Crippen LogP contribution in [0.2, 0.25) is 0 Å². The van der Waals surface area contributed by atoms with Gasteiger partial charge in [-0.3, -0.25) is 10.1 Å². The number of nitro groups is 1. The molecule has 1 heterocycles. The van der Waals surface area contributed by atoms with Gasteiger partial charge in [0.05, 0.1) is 29.0 Å². The summed E-state index contributed by atoms with van der Waals surface area (Å²) >= 11 is 0. The smallest absolute Gasteiger partial charge is 0.328 e. The van der Waals surface area contributed by atoms with Crippen LogP contribution in [0.1, 0.15) is 11.1 Å². The average molecular weight is 511 g/mol. The van der Waals surface area contributed by atoms with E-state index in [0.29, 0.717) is 33.6 Å². The monoisotopic (exact) mass is 511 g/mol. The molecule has 0 aliphatic heterocycles. The summed E-state index contributed by atoms with van der Waals surface area (Å²) in [4.78, 5) is 40.9. The van der Waals surface area contributed by atoms with E-state index in [1.54, 1.807) is 60.7 Å². The maximum Gasteiger partial charge on any atom is 0.328 e. The molecule has 0 aliphatic carbocycles. The molecular weight excluding hydrogens is 490 g/mol. The number of hydrogen-bond acceptors (Lipinski definition) is 6. The fraction of sp³-hybridized carbons (Fsp3) is 0.0357. The zero-order valence-electron chi connectivity index (χ0n) is 20.0. The average Bonchev–Trinajstić information content (AvgIpc) is 3.36. The van der Waals surface area contributed by atoms with Crippen molar-refractivity contribution in [2.75, 3.05) is 7.11 Å². The number of nitrogens with zero attached hydrogens (tertiary/aromatic N) is 2. The van der Waals surface area contributed by atoms with Crippen molar-refractivity contribution in [3.8, 4) is 39.7 Å². The van der Waals surface area contributed by atoms with Gasteiger partial charge in [0.2, 0.25) is 0 Å². The summed E-state index contributed by atoms with van der Waals surface area (Å²) in [5.74, 6) is -1.77. The van der Waals surface area contributed by atoms with Crippen molar-refractivity contribution in [2.45, 2.75) is 0 Å². The summed E-state index contributed by atoms with van der Waals surface area (Å²) in [6.07, 6.45) is 5.01. The molecule has 0 amide bonds. The van der Waals surface area contributed by atoms with E-state index in [1.165, 1.54) is 25.3 Å². The molecule has 0 spiro atoms. The lowest BCUT2D eigenvalue weighted by atomic mass is 10.0. The summed E-state index contributed by atoms with van der Waals surface area (Å²) < 4.78 is 5.20. The quantitative estimate of drug-likeness (QED) is 0.151. The Morgan fingerprint density at radius 1 is 0.895 bits per heavy atom. The molecule has 10 nitrogen and oxygen atoms in total. The number of para-hydroxylation sites is 1. The molecule has 0 bridgehead atoms. The topological polar surface area (TPSA) is 156 Å². The van der Waals surface area contributed by atoms with Crippen molar-refractivity contribution in [1.82, 2.24) is 9.97 Å². The molecule has 3 aromatic carbocycles. The van der Waals surface area contributed by atoms with Crippen LogP contribution in [0.3, 0.4) is 0 Å². The normalized spacial score (nSPS) is 11.2. The molecule has 4 rings (SSSR count). The summed E-state index contributed by atoms with van der Waals surface area (Å²) in [5, 5.41) is 29.6. The molecule has 0 saturated carbocycles. The van der Waals surface area contributed by atoms with Gasteiger partial charge in [0.1, 0.15) is 5.82 Å². The maximum absolute atomic E-state index is 11.9. The number of aromatic nitrogens is 2. The minimum absolute atomic E-state index is 0.0936. The molecule has 0 saturated heterocycles. The van der Waals surface area contributed by atoms with Crippen molar-refractivity contribution in [1.29, 1.82) is 0 Å². The van der Waals surface area contributed by atoms with Gasteiger partial charge in [0.15, 0.2) is 5.75 Å². The van der Waals surface area contributed by atoms with E-state index in [2.05, 4.69) is 4.98 Å². The molecule has 1 aromatic heterocycles. The minimum Gasteiger partial charge on any atom is -0.490 e. The van der Waals surface area contributed by atoms with E-state index >= 15 is 0 Å². The second kappa shape index (κ2) is 11.0. The number of nitrogens with one attached hydrogen (secondary N) is 1. The Morgan fingerprint density at radius 2 is 1.45 bits per heavy atom. The SMILES string of the molecule is COc1cccc(-c2nc(-c3ccc(C=CC(=O)O)cc3)c(-c3ccc(C=CC(=O)O)cc3)[nH]2)c1[N+](=O)[O-]. The van der Waals surface area contributed by atoms with Crippen molar-refractivity contribution < 1.29 is 29.5 Å². The van der Waals surface area contributed by atoms with Crippen LogP contribution in [-0.4, -0.2) is 44.2 Å². The highest BCUT2D eigenvalue weighted by molar-refractivity contribution is 5.87. The predicted molar refractivity (Wildman–Crippen MR) is 141 cm³/mol. The van der Waals surface area contributed by atoms with Gasteiger partial charge < -0.3 is 19.9 Å². The van der Waals surface area contributed by atoms with Crippen molar-refractivity contribution in [2.24, 2.45) is 0 Å². The number of hydrogen-bond donors (Lipinski definition) is 3. The minimum atomic E-state index is -1.06. The van der Waals surface area contributed by atoms with Gasteiger partial charge >= 0.3 is 17.6 Å². The molecule has 4 aromatic rings. The van der Waals surface area contributed by atoms with Crippen LogP contribution in [0.15, 0.2) is 78.9 Å². The Bertz CT molecular complexity index is 1480. The van der Waals surface area contributed by atoms with Gasteiger partial charge in [-0.15, -0.1) is 0 Å². The number of ether oxygens (including phenoxy) is 1. The van der Waals surface area contributed by atoms with Crippen molar-refractivity contribution in [3.05, 3.63) is 100 Å². The van der Waals surface area contributed by atoms with Crippen molar-refractivity contribution in [3.63, 3.8) is 0 Å². The van der Waals surface area contributed by atoms with Gasteiger partial charge in [-0.25, -0.2) is 14.6 Å². The lowest BCUT2D eigenvalue weighted by Gasteiger charge is -2.05. The molecule has 0 unspecified atom stereocenters. The Balaban J connectivity index is 1.86. The Morgan fingerprint density at radius 3 is 1.95 bits per heavy atom. The van der Waals surface area contributed by atoms with Crippen molar-refractivity contribution >= 4 is 29.8 Å². The van der Waals surface area contributed by atoms with Gasteiger partial charge in [0, 0.05) is 23.3 Å². The molecule has 190 valence electrons. The van der Waals surface area contributed by atoms with E-state index in [9.17, 15) is 19.7 Å². The summed E-state index contributed by atoms with van der Waals surface area (Å²) in [6, 6.07) is 18.8. The number of aromatic amines is 1. The number of H-pyrrole nitrogens is 1. The number of carboxylic acids is 2. The van der Waals surface area contributed by atoms with Gasteiger partial charge in [-0.05, 0) is 35.4 Å². The van der Waals surface area contributed by atoms with E-state index < -0.39 is 16.9 Å². The first-order valence-corrected chi connectivity index (χ1v) is 11.2. The molecule has 0 radical (unpaired) electrons. The van der Waals surface area contributed by atoms with Gasteiger partial charge in [0.25, 0.3) is 0 Å². The first-order valence-electron chi connectivity index (χ1n) is 11.2. The molecule has 10 heteroatoms. The lowest BCUT2D eigenvalue weighted by molar-refractivity contribution is -0.385. The lowest BCUT2D eigenvalue weighted by Crippen LogP contribution is -1.97. The number of carboxylic acid groups (broad SMARTS) is 2. The molecule has 0 fully saturated rings. The van der Waals surface area contributed by atoms with Crippen LogP contribution in [0.5, 0.6) is 5.75 Å². The van der Waals surface area contributed by atoms with E-state index in [-0.39, 0.29) is 22.8 Å². The van der Waals surface area contributed by atoms with E-state index in [0.717, 1.165) is 12.2 Å². The standard InChI is InChI=1S/C28H21N3O7/c1-38-22-4-2-3-21(27(22)31(36)37)28-29-25(19-11-5-17(6-12-19)9-15-23(32)33)26(30-28)20-13-7-18(8-14-20)10-16-24(34)35/h2-16H,1H3,(H,29,30)(H,32,33)(H,34,35). The fourth-order valence-corrected chi connectivity index (χ4v) is 3.83. The first-order chi connectivity index (χ1) is 18.3. The number of rotatable bonds is 9. The van der Waals surface area contributed by atoms with Crippen LogP contribution in [0.25, 0.3) is 46.1 Å². The number of nitro benzene ring substituents is 1. The number of imidazole rings is 1. The number of methoxy groups -OCH3 is 1. The Kier molecular flexibility index (Phi) is 7.43. The van der Waals surface area contributed by atoms with Gasteiger partial charge in [-0.1, -0.05) is 54.6 Å². The highest BCUT2D eigenvalue weighted by Gasteiger charge is 2.25. The van der Waals surface area contributed by atoms with Crippen LogP contribution in [0.4, 0.5) is 5.69 Å². The summed E-state index contributed by atoms with van der Waals surface area (Å²) in [6.45, 7) is 0. The molecule has 3 N–H and O–H groups in total. The highest BCUT2D eigenvalue weighted by Crippen LogP contribution is 2.39. The first kappa shape index (κ1) is 25.6. The highest BCUT2D eigenvalue weighted by atomic mass is 16.6. The molecule has 0 aliphatic rings. The molecular formula is C28H21N3O7. The third-order valence-electron chi connectivity index (χ3n) is 5.58. The number of carbonyl (C=O) groups is 2. The maximum atomic E-state index is 11.9. The zero-order valence-corrected chi connectivity index (χ0v) is 20.0. The number of benzene rings is 3. The predicted octanol–water partition coefficient (Wildman–Crippen LogP) is 5.52. The van der Waals surface area contributed by atoms with Crippen LogP contribution in [0, 0.1) is 10.1 Å². The van der Waals surface area contributed by atoms with Crippen LogP contribution >= 0.6 is 0 Å². The van der Waals surface area contributed by atoms with E-state index in [4.69, 9.17) is 19.9 Å². The fourth-order valence-electron chi connectivity index (χ4n) is 3.83. The zero-order chi connectivity index (χ0) is 27.2. The summed E-state index contributed by atoms with van der Waals surface area (Å²) in [7, 11) is 1.35. The largest absolute Gasteiger partial charge is 0.490 e. The van der Waals surface area contributed by atoms with Crippen LogP contribution < -0.4 is 4.74 Å². The Hall–Kier alpha value is -5.51. The van der Waals surface area contributed by atoms with Crippen LogP contribution in [-0.2, 0) is 9.59 Å². The van der Waals surface area contributed by atoms with Gasteiger partial charge in [-0.2, -0.15) is 0 Å². The third-order valence-corrected chi connectivity index (χ3v) is 5.58. The van der Waals surface area contributed by atoms with E-state index in [1.807, 2.05) is 0 Å². The Labute approximate surface area is 216 Å².